The molecule has 16 heavy (non-hydrogen) atoms. The predicted molar refractivity (Wildman–Crippen MR) is 53.5 cm³/mol. The molecule has 0 unspecified atom stereocenters. The first-order valence-corrected chi connectivity index (χ1v) is 4.17. The Kier molecular flexibility index (Phi) is 3.54. The molecule has 7 nitrogen and oxygen atoms in total. The molecule has 0 saturated carbocycles. The van der Waals surface area contributed by atoms with Gasteiger partial charge in [-0.25, -0.2) is 9.78 Å². The van der Waals surface area contributed by atoms with Crippen LogP contribution in [0.25, 0.3) is 0 Å². The molecule has 0 fully saturated rings. The third-order valence-electron chi connectivity index (χ3n) is 1.63. The molecular weight excluding hydrogens is 216 g/mol. The average molecular weight is 224 g/mol. The standard InChI is InChI=1S/C9H8N2O5/c1-2-3-16-8-4-6(9(12)13)7(5-10-8)11(14)15/h2,4-5H,1,3H2,(H,12,13). The summed E-state index contributed by atoms with van der Waals surface area (Å²) in [7, 11) is 0. The lowest BCUT2D eigenvalue weighted by atomic mass is 10.2. The van der Waals surface area contributed by atoms with E-state index in [1.54, 1.807) is 0 Å². The number of nitro groups is 1. The maximum Gasteiger partial charge on any atom is 0.342 e. The predicted octanol–water partition coefficient (Wildman–Crippen LogP) is 1.25. The molecule has 0 radical (unpaired) electrons. The minimum absolute atomic E-state index is 0.00269. The molecule has 7 heteroatoms. The van der Waals surface area contributed by atoms with Crippen molar-refractivity contribution in [1.82, 2.24) is 4.98 Å². The van der Waals surface area contributed by atoms with Crippen LogP contribution >= 0.6 is 0 Å². The van der Waals surface area contributed by atoms with Gasteiger partial charge >= 0.3 is 11.7 Å². The van der Waals surface area contributed by atoms with E-state index in [0.717, 1.165) is 12.3 Å². The van der Waals surface area contributed by atoms with Crippen LogP contribution in [0.3, 0.4) is 0 Å². The van der Waals surface area contributed by atoms with Crippen molar-refractivity contribution in [3.63, 3.8) is 0 Å². The van der Waals surface area contributed by atoms with Crippen molar-refractivity contribution in [3.8, 4) is 5.88 Å². The van der Waals surface area contributed by atoms with Crippen molar-refractivity contribution in [2.45, 2.75) is 0 Å². The second-order valence-electron chi connectivity index (χ2n) is 2.70. The molecular formula is C9H8N2O5. The summed E-state index contributed by atoms with van der Waals surface area (Å²) in [6.07, 6.45) is 2.30. The number of pyridine rings is 1. The zero-order valence-electron chi connectivity index (χ0n) is 8.12. The molecule has 0 atom stereocenters. The molecule has 0 aliphatic heterocycles. The first kappa shape index (κ1) is 11.6. The molecule has 0 aliphatic rings. The summed E-state index contributed by atoms with van der Waals surface area (Å²) in [5, 5.41) is 19.3. The van der Waals surface area contributed by atoms with Gasteiger partial charge in [0.05, 0.1) is 4.92 Å². The number of aromatic nitrogens is 1. The fraction of sp³-hybridized carbons (Fsp3) is 0.111. The van der Waals surface area contributed by atoms with Crippen molar-refractivity contribution in [2.75, 3.05) is 6.61 Å². The second-order valence-corrected chi connectivity index (χ2v) is 2.70. The normalized spacial score (nSPS) is 9.50. The van der Waals surface area contributed by atoms with Crippen LogP contribution in [0, 0.1) is 10.1 Å². The Morgan fingerprint density at radius 3 is 2.94 bits per heavy atom. The van der Waals surface area contributed by atoms with Gasteiger partial charge in [-0.15, -0.1) is 0 Å². The van der Waals surface area contributed by atoms with E-state index in [4.69, 9.17) is 9.84 Å². The number of carbonyl (C=O) groups is 1. The minimum atomic E-state index is -1.41. The van der Waals surface area contributed by atoms with Gasteiger partial charge in [0.25, 0.3) is 0 Å². The summed E-state index contributed by atoms with van der Waals surface area (Å²) >= 11 is 0. The van der Waals surface area contributed by atoms with Gasteiger partial charge in [-0.2, -0.15) is 0 Å². The minimum Gasteiger partial charge on any atom is -0.477 e. The summed E-state index contributed by atoms with van der Waals surface area (Å²) in [6, 6.07) is 1.00. The SMILES string of the molecule is C=CCOc1cc(C(=O)O)c([N+](=O)[O-])cn1. The van der Waals surface area contributed by atoms with Crippen molar-refractivity contribution in [1.29, 1.82) is 0 Å². The van der Waals surface area contributed by atoms with Gasteiger partial charge in [-0.3, -0.25) is 10.1 Å². The van der Waals surface area contributed by atoms with Gasteiger partial charge in [0.1, 0.15) is 18.4 Å². The fourth-order valence-corrected chi connectivity index (χ4v) is 0.969. The topological polar surface area (TPSA) is 103 Å². The average Bonchev–Trinajstić information content (AvgIpc) is 2.25. The van der Waals surface area contributed by atoms with Gasteiger partial charge < -0.3 is 9.84 Å². The summed E-state index contributed by atoms with van der Waals surface area (Å²) in [4.78, 5) is 24.0. The Morgan fingerprint density at radius 1 is 1.75 bits per heavy atom. The Morgan fingerprint density at radius 2 is 2.44 bits per heavy atom. The van der Waals surface area contributed by atoms with Crippen LogP contribution in [0.2, 0.25) is 0 Å². The van der Waals surface area contributed by atoms with Crippen LogP contribution in [0.15, 0.2) is 24.9 Å². The monoisotopic (exact) mass is 224 g/mol. The fourth-order valence-electron chi connectivity index (χ4n) is 0.969. The van der Waals surface area contributed by atoms with Gasteiger partial charge in [-0.1, -0.05) is 12.7 Å². The van der Waals surface area contributed by atoms with Crippen LogP contribution in [0.5, 0.6) is 5.88 Å². The van der Waals surface area contributed by atoms with E-state index in [2.05, 4.69) is 11.6 Å². The Bertz CT molecular complexity index is 444. The first-order chi connectivity index (χ1) is 7.56. The number of hydrogen-bond donors (Lipinski definition) is 1. The number of carboxylic acids is 1. The molecule has 1 aromatic heterocycles. The molecule has 0 aromatic carbocycles. The van der Waals surface area contributed by atoms with Crippen LogP contribution in [0.1, 0.15) is 10.4 Å². The molecule has 0 spiro atoms. The summed E-state index contributed by atoms with van der Waals surface area (Å²) in [5.41, 5.74) is -1.03. The molecule has 0 aliphatic carbocycles. The number of carboxylic acid groups (broad SMARTS) is 1. The van der Waals surface area contributed by atoms with Crippen molar-refractivity contribution < 1.29 is 19.6 Å². The van der Waals surface area contributed by atoms with Crippen LogP contribution in [-0.4, -0.2) is 27.6 Å². The van der Waals surface area contributed by atoms with Gasteiger partial charge in [0, 0.05) is 6.07 Å². The van der Waals surface area contributed by atoms with Crippen molar-refractivity contribution in [3.05, 3.63) is 40.6 Å². The quantitative estimate of drug-likeness (QED) is 0.458. The highest BCUT2D eigenvalue weighted by Gasteiger charge is 2.21. The van der Waals surface area contributed by atoms with E-state index < -0.39 is 22.1 Å². The number of hydrogen-bond acceptors (Lipinski definition) is 5. The van der Waals surface area contributed by atoms with Crippen molar-refractivity contribution >= 4 is 11.7 Å². The molecule has 1 rings (SSSR count). The number of aromatic carboxylic acids is 1. The summed E-state index contributed by atoms with van der Waals surface area (Å²) < 4.78 is 4.97. The molecule has 1 heterocycles. The lowest BCUT2D eigenvalue weighted by Crippen LogP contribution is -2.05. The van der Waals surface area contributed by atoms with Crippen molar-refractivity contribution in [2.24, 2.45) is 0 Å². The van der Waals surface area contributed by atoms with E-state index in [9.17, 15) is 14.9 Å². The number of rotatable bonds is 5. The number of ether oxygens (including phenoxy) is 1. The van der Waals surface area contributed by atoms with Gasteiger partial charge in [0.2, 0.25) is 5.88 Å². The van der Waals surface area contributed by atoms with E-state index in [-0.39, 0.29) is 12.5 Å². The maximum atomic E-state index is 10.7. The first-order valence-electron chi connectivity index (χ1n) is 4.17. The molecule has 84 valence electrons. The Labute approximate surface area is 90.1 Å². The second kappa shape index (κ2) is 4.87. The zero-order valence-corrected chi connectivity index (χ0v) is 8.12. The lowest BCUT2D eigenvalue weighted by Gasteiger charge is -2.03. The largest absolute Gasteiger partial charge is 0.477 e. The smallest absolute Gasteiger partial charge is 0.342 e. The van der Waals surface area contributed by atoms with E-state index >= 15 is 0 Å². The maximum absolute atomic E-state index is 10.7. The van der Waals surface area contributed by atoms with E-state index in [1.165, 1.54) is 6.08 Å². The van der Waals surface area contributed by atoms with E-state index in [1.807, 2.05) is 0 Å². The zero-order chi connectivity index (χ0) is 12.1. The highest BCUT2D eigenvalue weighted by atomic mass is 16.6. The molecule has 0 amide bonds. The summed E-state index contributed by atoms with van der Waals surface area (Å²) in [5.74, 6) is -1.40. The molecule has 1 aromatic rings. The van der Waals surface area contributed by atoms with Crippen LogP contribution in [0.4, 0.5) is 5.69 Å². The van der Waals surface area contributed by atoms with Crippen LogP contribution < -0.4 is 4.74 Å². The molecule has 0 saturated heterocycles. The Hall–Kier alpha value is -2.44. The third kappa shape index (κ3) is 2.53. The van der Waals surface area contributed by atoms with Gasteiger partial charge in [-0.05, 0) is 0 Å². The lowest BCUT2D eigenvalue weighted by molar-refractivity contribution is -0.385. The highest BCUT2D eigenvalue weighted by Crippen LogP contribution is 2.21. The van der Waals surface area contributed by atoms with Crippen LogP contribution in [-0.2, 0) is 0 Å². The Balaban J connectivity index is 3.12. The summed E-state index contributed by atoms with van der Waals surface area (Å²) in [6.45, 7) is 3.54. The number of nitrogens with zero attached hydrogens (tertiary/aromatic N) is 2. The highest BCUT2D eigenvalue weighted by molar-refractivity contribution is 5.92. The molecule has 1 N–H and O–H groups in total. The molecule has 0 bridgehead atoms. The third-order valence-corrected chi connectivity index (χ3v) is 1.63. The van der Waals surface area contributed by atoms with Gasteiger partial charge in [0.15, 0.2) is 0 Å². The van der Waals surface area contributed by atoms with E-state index in [0.29, 0.717) is 0 Å².